The predicted molar refractivity (Wildman–Crippen MR) is 91.5 cm³/mol. The van der Waals surface area contributed by atoms with E-state index in [9.17, 15) is 0 Å². The zero-order valence-corrected chi connectivity index (χ0v) is 13.7. The summed E-state index contributed by atoms with van der Waals surface area (Å²) < 4.78 is 7.75. The van der Waals surface area contributed by atoms with E-state index in [0.717, 1.165) is 37.8 Å². The Kier molecular flexibility index (Phi) is 4.42. The molecule has 1 aliphatic rings. The van der Waals surface area contributed by atoms with Crippen molar-refractivity contribution in [1.82, 2.24) is 19.6 Å². The Morgan fingerprint density at radius 2 is 1.75 bits per heavy atom. The van der Waals surface area contributed by atoms with Gasteiger partial charge >= 0.3 is 0 Å². The summed E-state index contributed by atoms with van der Waals surface area (Å²) >= 11 is 0. The first kappa shape index (κ1) is 15.1. The molecule has 0 aliphatic carbocycles. The summed E-state index contributed by atoms with van der Waals surface area (Å²) in [4.78, 5) is 6.95. The first-order chi connectivity index (χ1) is 11.9. The Hall–Kier alpha value is -2.40. The number of nitrogens with zero attached hydrogens (tertiary/aromatic N) is 4. The first-order valence-electron chi connectivity index (χ1n) is 8.57. The lowest BCUT2D eigenvalue weighted by atomic mass is 10.1. The van der Waals surface area contributed by atoms with Crippen molar-refractivity contribution in [2.75, 3.05) is 13.1 Å². The van der Waals surface area contributed by atoms with Crippen molar-refractivity contribution < 1.29 is 4.52 Å². The van der Waals surface area contributed by atoms with Crippen molar-refractivity contribution >= 4 is 0 Å². The molecular weight excluding hydrogens is 300 g/mol. The second kappa shape index (κ2) is 7.01. The number of likely N-dealkylation sites (tertiary alicyclic amines) is 1. The van der Waals surface area contributed by atoms with Gasteiger partial charge in [0, 0.05) is 37.9 Å². The summed E-state index contributed by atoms with van der Waals surface area (Å²) in [5.41, 5.74) is 1.21. The van der Waals surface area contributed by atoms with Crippen LogP contribution in [0.15, 0.2) is 59.4 Å². The molecule has 0 atom stereocenters. The van der Waals surface area contributed by atoms with Crippen LogP contribution in [-0.2, 0) is 13.0 Å². The molecule has 24 heavy (non-hydrogen) atoms. The average molecular weight is 322 g/mol. The zero-order chi connectivity index (χ0) is 16.2. The van der Waals surface area contributed by atoms with Crippen LogP contribution in [0.5, 0.6) is 0 Å². The summed E-state index contributed by atoms with van der Waals surface area (Å²) in [6.45, 7) is 2.89. The SMILES string of the molecule is c1ccc(Cc2noc(CN3CCC(n4cccc4)CC3)n2)cc1. The second-order valence-corrected chi connectivity index (χ2v) is 6.40. The molecule has 0 radical (unpaired) electrons. The van der Waals surface area contributed by atoms with E-state index in [4.69, 9.17) is 4.52 Å². The number of aromatic nitrogens is 3. The molecular formula is C19H22N4O. The Morgan fingerprint density at radius 3 is 2.50 bits per heavy atom. The van der Waals surface area contributed by atoms with Gasteiger partial charge in [0.25, 0.3) is 0 Å². The van der Waals surface area contributed by atoms with E-state index in [0.29, 0.717) is 6.04 Å². The Labute approximate surface area is 141 Å². The average Bonchev–Trinajstić information content (AvgIpc) is 3.29. The van der Waals surface area contributed by atoms with Gasteiger partial charge in [-0.2, -0.15) is 4.98 Å². The van der Waals surface area contributed by atoms with Gasteiger partial charge in [0.1, 0.15) is 0 Å². The van der Waals surface area contributed by atoms with Gasteiger partial charge in [0.15, 0.2) is 5.82 Å². The largest absolute Gasteiger partial charge is 0.351 e. The summed E-state index contributed by atoms with van der Waals surface area (Å²) in [5.74, 6) is 1.48. The molecule has 0 unspecified atom stereocenters. The molecule has 124 valence electrons. The van der Waals surface area contributed by atoms with Crippen molar-refractivity contribution in [3.8, 4) is 0 Å². The van der Waals surface area contributed by atoms with Gasteiger partial charge < -0.3 is 9.09 Å². The van der Waals surface area contributed by atoms with E-state index in [2.05, 4.69) is 56.3 Å². The minimum atomic E-state index is 0.618. The quantitative estimate of drug-likeness (QED) is 0.723. The fourth-order valence-corrected chi connectivity index (χ4v) is 3.36. The monoisotopic (exact) mass is 322 g/mol. The van der Waals surface area contributed by atoms with Crippen molar-refractivity contribution in [3.05, 3.63) is 72.1 Å². The molecule has 2 aromatic heterocycles. The van der Waals surface area contributed by atoms with E-state index in [-0.39, 0.29) is 0 Å². The predicted octanol–water partition coefficient (Wildman–Crippen LogP) is 3.30. The fraction of sp³-hybridized carbons (Fsp3) is 0.368. The molecule has 0 N–H and O–H groups in total. The minimum absolute atomic E-state index is 0.618. The summed E-state index contributed by atoms with van der Waals surface area (Å²) in [6.07, 6.45) is 7.38. The maximum Gasteiger partial charge on any atom is 0.240 e. The van der Waals surface area contributed by atoms with Gasteiger partial charge in [0.2, 0.25) is 5.89 Å². The van der Waals surface area contributed by atoms with Gasteiger partial charge in [-0.1, -0.05) is 35.5 Å². The third-order valence-corrected chi connectivity index (χ3v) is 4.68. The maximum atomic E-state index is 5.43. The number of hydrogen-bond acceptors (Lipinski definition) is 4. The molecule has 3 aromatic rings. The maximum absolute atomic E-state index is 5.43. The molecule has 0 saturated carbocycles. The molecule has 1 fully saturated rings. The highest BCUT2D eigenvalue weighted by Crippen LogP contribution is 2.23. The lowest BCUT2D eigenvalue weighted by Crippen LogP contribution is -2.34. The van der Waals surface area contributed by atoms with Crippen LogP contribution in [0.2, 0.25) is 0 Å². The third kappa shape index (κ3) is 3.57. The highest BCUT2D eigenvalue weighted by Gasteiger charge is 2.21. The molecule has 5 heteroatoms. The number of rotatable bonds is 5. The molecule has 0 spiro atoms. The minimum Gasteiger partial charge on any atom is -0.351 e. The van der Waals surface area contributed by atoms with Crippen LogP contribution in [0.1, 0.15) is 36.2 Å². The standard InChI is InChI=1S/C19H22N4O/c1-2-6-16(7-3-1)14-18-20-19(24-21-18)15-22-12-8-17(9-13-22)23-10-4-5-11-23/h1-7,10-11,17H,8-9,12-15H2. The molecule has 0 amide bonds. The molecule has 1 saturated heterocycles. The second-order valence-electron chi connectivity index (χ2n) is 6.40. The first-order valence-corrected chi connectivity index (χ1v) is 8.57. The van der Waals surface area contributed by atoms with E-state index in [1.807, 2.05) is 18.2 Å². The summed E-state index contributed by atoms with van der Waals surface area (Å²) in [5, 5.41) is 4.12. The molecule has 1 aromatic carbocycles. The van der Waals surface area contributed by atoms with E-state index in [1.165, 1.54) is 18.4 Å². The normalized spacial score (nSPS) is 16.5. The number of piperidine rings is 1. The molecule has 4 rings (SSSR count). The molecule has 5 nitrogen and oxygen atoms in total. The van der Waals surface area contributed by atoms with Gasteiger partial charge in [-0.15, -0.1) is 0 Å². The lowest BCUT2D eigenvalue weighted by Gasteiger charge is -2.31. The Morgan fingerprint density at radius 1 is 1.00 bits per heavy atom. The van der Waals surface area contributed by atoms with Crippen molar-refractivity contribution in [2.24, 2.45) is 0 Å². The van der Waals surface area contributed by atoms with Crippen LogP contribution in [0, 0.1) is 0 Å². The zero-order valence-electron chi connectivity index (χ0n) is 13.7. The lowest BCUT2D eigenvalue weighted by molar-refractivity contribution is 0.161. The van der Waals surface area contributed by atoms with E-state index in [1.54, 1.807) is 0 Å². The van der Waals surface area contributed by atoms with Crippen molar-refractivity contribution in [1.29, 1.82) is 0 Å². The summed E-state index contributed by atoms with van der Waals surface area (Å²) in [7, 11) is 0. The van der Waals surface area contributed by atoms with Gasteiger partial charge in [-0.05, 0) is 30.5 Å². The Balaban J connectivity index is 1.30. The molecule has 0 bridgehead atoms. The van der Waals surface area contributed by atoms with Gasteiger partial charge in [-0.25, -0.2) is 0 Å². The van der Waals surface area contributed by atoms with Crippen LogP contribution in [0.3, 0.4) is 0 Å². The van der Waals surface area contributed by atoms with E-state index < -0.39 is 0 Å². The summed E-state index contributed by atoms with van der Waals surface area (Å²) in [6, 6.07) is 15.1. The highest BCUT2D eigenvalue weighted by molar-refractivity contribution is 5.18. The van der Waals surface area contributed by atoms with Crippen LogP contribution >= 0.6 is 0 Å². The number of hydrogen-bond donors (Lipinski definition) is 0. The van der Waals surface area contributed by atoms with Crippen LogP contribution in [0.25, 0.3) is 0 Å². The fourth-order valence-electron chi connectivity index (χ4n) is 3.36. The topological polar surface area (TPSA) is 47.1 Å². The highest BCUT2D eigenvalue weighted by atomic mass is 16.5. The third-order valence-electron chi connectivity index (χ3n) is 4.68. The van der Waals surface area contributed by atoms with Gasteiger partial charge in [0.05, 0.1) is 6.54 Å². The van der Waals surface area contributed by atoms with Crippen LogP contribution < -0.4 is 0 Å². The molecule has 3 heterocycles. The van der Waals surface area contributed by atoms with Crippen molar-refractivity contribution in [3.63, 3.8) is 0 Å². The van der Waals surface area contributed by atoms with Crippen LogP contribution in [0.4, 0.5) is 0 Å². The molecule has 1 aliphatic heterocycles. The smallest absolute Gasteiger partial charge is 0.240 e. The van der Waals surface area contributed by atoms with E-state index >= 15 is 0 Å². The van der Waals surface area contributed by atoms with Gasteiger partial charge in [-0.3, -0.25) is 4.90 Å². The number of benzene rings is 1. The van der Waals surface area contributed by atoms with Crippen molar-refractivity contribution in [2.45, 2.75) is 31.8 Å². The van der Waals surface area contributed by atoms with Crippen LogP contribution in [-0.4, -0.2) is 32.7 Å². The Bertz CT molecular complexity index is 743.